The van der Waals surface area contributed by atoms with Gasteiger partial charge in [0, 0.05) is 45.5 Å². The van der Waals surface area contributed by atoms with E-state index in [9.17, 15) is 4.79 Å². The SMILES string of the molecule is Cc1cc(NC(=O)c2cnn3cccnc23)c(-c2cc(Cl)ccc2Cl)cn1. The summed E-state index contributed by atoms with van der Waals surface area (Å²) in [6.45, 7) is 1.84. The summed E-state index contributed by atoms with van der Waals surface area (Å²) in [4.78, 5) is 21.4. The number of hydrogen-bond donors (Lipinski definition) is 1. The smallest absolute Gasteiger partial charge is 0.261 e. The Balaban J connectivity index is 1.77. The number of carbonyl (C=O) groups is 1. The quantitative estimate of drug-likeness (QED) is 0.545. The number of anilines is 1. The second-order valence-corrected chi connectivity index (χ2v) is 6.74. The Morgan fingerprint density at radius 1 is 1.11 bits per heavy atom. The molecule has 8 heteroatoms. The van der Waals surface area contributed by atoms with Gasteiger partial charge in [0.2, 0.25) is 0 Å². The molecule has 27 heavy (non-hydrogen) atoms. The Bertz CT molecular complexity index is 1170. The third kappa shape index (κ3) is 3.37. The van der Waals surface area contributed by atoms with Gasteiger partial charge in [-0.1, -0.05) is 23.2 Å². The first-order valence-electron chi connectivity index (χ1n) is 8.05. The minimum Gasteiger partial charge on any atom is -0.321 e. The predicted molar refractivity (Wildman–Crippen MR) is 105 cm³/mol. The van der Waals surface area contributed by atoms with Crippen molar-refractivity contribution in [1.29, 1.82) is 0 Å². The molecule has 0 aliphatic rings. The molecule has 4 aromatic rings. The third-order valence-electron chi connectivity index (χ3n) is 4.03. The van der Waals surface area contributed by atoms with Crippen LogP contribution in [0.3, 0.4) is 0 Å². The average Bonchev–Trinajstić information content (AvgIpc) is 3.08. The van der Waals surface area contributed by atoms with Crippen LogP contribution in [-0.2, 0) is 0 Å². The van der Waals surface area contributed by atoms with Crippen LogP contribution in [0.4, 0.5) is 5.69 Å². The van der Waals surface area contributed by atoms with Gasteiger partial charge in [0.1, 0.15) is 5.56 Å². The summed E-state index contributed by atoms with van der Waals surface area (Å²) < 4.78 is 1.54. The molecule has 0 saturated carbocycles. The van der Waals surface area contributed by atoms with Crippen LogP contribution in [0.1, 0.15) is 16.1 Å². The van der Waals surface area contributed by atoms with Gasteiger partial charge >= 0.3 is 0 Å². The van der Waals surface area contributed by atoms with Crippen LogP contribution in [-0.4, -0.2) is 25.5 Å². The summed E-state index contributed by atoms with van der Waals surface area (Å²) >= 11 is 12.5. The van der Waals surface area contributed by atoms with Crippen LogP contribution in [0.2, 0.25) is 10.0 Å². The molecule has 0 saturated heterocycles. The van der Waals surface area contributed by atoms with Crippen molar-refractivity contribution in [2.75, 3.05) is 5.32 Å². The molecule has 0 bridgehead atoms. The van der Waals surface area contributed by atoms with Gasteiger partial charge in [-0.25, -0.2) is 9.50 Å². The first-order chi connectivity index (χ1) is 13.0. The molecular formula is C19H13Cl2N5O. The van der Waals surface area contributed by atoms with Gasteiger partial charge in [0.05, 0.1) is 11.9 Å². The Kier molecular flexibility index (Phi) is 4.51. The van der Waals surface area contributed by atoms with E-state index in [2.05, 4.69) is 20.4 Å². The molecule has 1 aromatic carbocycles. The van der Waals surface area contributed by atoms with E-state index in [1.807, 2.05) is 6.92 Å². The average molecular weight is 398 g/mol. The van der Waals surface area contributed by atoms with E-state index in [1.165, 1.54) is 6.20 Å². The standard InChI is InChI=1S/C19H13Cl2N5O/c1-11-7-17(14(9-23-11)13-8-12(20)3-4-16(13)21)25-19(27)15-10-24-26-6-2-5-22-18(15)26/h2-10H,1H3,(H,23,25,27). The summed E-state index contributed by atoms with van der Waals surface area (Å²) in [6.07, 6.45) is 6.49. The number of pyridine rings is 1. The van der Waals surface area contributed by atoms with Crippen molar-refractivity contribution in [3.05, 3.63) is 76.4 Å². The van der Waals surface area contributed by atoms with Gasteiger partial charge in [-0.05, 0) is 37.3 Å². The number of benzene rings is 1. The predicted octanol–water partition coefficient (Wildman–Crippen LogP) is 4.66. The molecule has 0 unspecified atom stereocenters. The highest BCUT2D eigenvalue weighted by atomic mass is 35.5. The minimum atomic E-state index is -0.325. The van der Waals surface area contributed by atoms with Crippen LogP contribution in [0, 0.1) is 6.92 Å². The van der Waals surface area contributed by atoms with E-state index >= 15 is 0 Å². The zero-order valence-corrected chi connectivity index (χ0v) is 15.7. The molecule has 0 aliphatic heterocycles. The molecule has 1 amide bonds. The van der Waals surface area contributed by atoms with Gasteiger partial charge in [-0.2, -0.15) is 5.10 Å². The van der Waals surface area contributed by atoms with Crippen molar-refractivity contribution < 1.29 is 4.79 Å². The van der Waals surface area contributed by atoms with E-state index in [0.717, 1.165) is 5.69 Å². The van der Waals surface area contributed by atoms with E-state index in [-0.39, 0.29) is 5.91 Å². The number of carbonyl (C=O) groups excluding carboxylic acids is 1. The van der Waals surface area contributed by atoms with Gasteiger partial charge < -0.3 is 5.32 Å². The fourth-order valence-corrected chi connectivity index (χ4v) is 3.15. The van der Waals surface area contributed by atoms with Crippen LogP contribution in [0.5, 0.6) is 0 Å². The van der Waals surface area contributed by atoms with Crippen LogP contribution in [0.15, 0.2) is 55.1 Å². The molecule has 4 rings (SSSR count). The van der Waals surface area contributed by atoms with Gasteiger partial charge in [-0.3, -0.25) is 9.78 Å². The van der Waals surface area contributed by atoms with Crippen molar-refractivity contribution >= 4 is 40.4 Å². The maximum absolute atomic E-state index is 12.9. The van der Waals surface area contributed by atoms with Gasteiger partial charge in [0.15, 0.2) is 5.65 Å². The number of aryl methyl sites for hydroxylation is 1. The number of hydrogen-bond acceptors (Lipinski definition) is 4. The number of halogens is 2. The Labute approximate surface area is 164 Å². The van der Waals surface area contributed by atoms with Crippen molar-refractivity contribution in [3.63, 3.8) is 0 Å². The Hall–Kier alpha value is -2.96. The Morgan fingerprint density at radius 2 is 1.96 bits per heavy atom. The lowest BCUT2D eigenvalue weighted by atomic mass is 10.0. The molecule has 0 radical (unpaired) electrons. The second-order valence-electron chi connectivity index (χ2n) is 5.90. The summed E-state index contributed by atoms with van der Waals surface area (Å²) in [5.74, 6) is -0.325. The maximum atomic E-state index is 12.9. The van der Waals surface area contributed by atoms with E-state index in [1.54, 1.807) is 53.4 Å². The molecule has 0 fully saturated rings. The van der Waals surface area contributed by atoms with Crippen molar-refractivity contribution in [2.45, 2.75) is 6.92 Å². The number of nitrogens with one attached hydrogen (secondary N) is 1. The molecule has 0 atom stereocenters. The number of fused-ring (bicyclic) bond motifs is 1. The molecule has 0 aliphatic carbocycles. The number of aromatic nitrogens is 4. The van der Waals surface area contributed by atoms with Crippen LogP contribution in [0.25, 0.3) is 16.8 Å². The summed E-state index contributed by atoms with van der Waals surface area (Å²) in [6, 6.07) is 8.68. The molecule has 3 aromatic heterocycles. The normalized spacial score (nSPS) is 10.9. The molecule has 1 N–H and O–H groups in total. The molecular weight excluding hydrogens is 385 g/mol. The first-order valence-corrected chi connectivity index (χ1v) is 8.80. The lowest BCUT2D eigenvalue weighted by Gasteiger charge is -2.13. The largest absolute Gasteiger partial charge is 0.321 e. The number of amides is 1. The number of nitrogens with zero attached hydrogens (tertiary/aromatic N) is 4. The maximum Gasteiger partial charge on any atom is 0.261 e. The summed E-state index contributed by atoms with van der Waals surface area (Å²) in [5.41, 5.74) is 3.53. The van der Waals surface area contributed by atoms with E-state index < -0.39 is 0 Å². The highest BCUT2D eigenvalue weighted by molar-refractivity contribution is 6.35. The Morgan fingerprint density at radius 3 is 2.81 bits per heavy atom. The molecule has 0 spiro atoms. The third-order valence-corrected chi connectivity index (χ3v) is 4.60. The first kappa shape index (κ1) is 17.5. The lowest BCUT2D eigenvalue weighted by molar-refractivity contribution is 0.102. The van der Waals surface area contributed by atoms with Crippen molar-refractivity contribution in [1.82, 2.24) is 19.6 Å². The van der Waals surface area contributed by atoms with Gasteiger partial charge in [-0.15, -0.1) is 0 Å². The highest BCUT2D eigenvalue weighted by Crippen LogP contribution is 2.35. The summed E-state index contributed by atoms with van der Waals surface area (Å²) in [5, 5.41) is 8.12. The van der Waals surface area contributed by atoms with Crippen LogP contribution >= 0.6 is 23.2 Å². The highest BCUT2D eigenvalue weighted by Gasteiger charge is 2.17. The van der Waals surface area contributed by atoms with Gasteiger partial charge in [0.25, 0.3) is 5.91 Å². The van der Waals surface area contributed by atoms with Crippen molar-refractivity contribution in [3.8, 4) is 11.1 Å². The van der Waals surface area contributed by atoms with Crippen LogP contribution < -0.4 is 5.32 Å². The van der Waals surface area contributed by atoms with E-state index in [4.69, 9.17) is 23.2 Å². The van der Waals surface area contributed by atoms with E-state index in [0.29, 0.717) is 38.1 Å². The molecule has 3 heterocycles. The lowest BCUT2D eigenvalue weighted by Crippen LogP contribution is -2.13. The molecule has 134 valence electrons. The zero-order valence-electron chi connectivity index (χ0n) is 14.1. The second kappa shape index (κ2) is 6.98. The fraction of sp³-hybridized carbons (Fsp3) is 0.0526. The van der Waals surface area contributed by atoms with Crippen molar-refractivity contribution in [2.24, 2.45) is 0 Å². The fourth-order valence-electron chi connectivity index (χ4n) is 2.76. The summed E-state index contributed by atoms with van der Waals surface area (Å²) in [7, 11) is 0. The monoisotopic (exact) mass is 397 g/mol. The minimum absolute atomic E-state index is 0.325. The zero-order chi connectivity index (χ0) is 19.0. The number of rotatable bonds is 3. The topological polar surface area (TPSA) is 72.2 Å². The molecule has 6 nitrogen and oxygen atoms in total.